The zero-order valence-electron chi connectivity index (χ0n) is 15.0. The van der Waals surface area contributed by atoms with Crippen LogP contribution in [0.3, 0.4) is 0 Å². The number of hydrogen-bond acceptors (Lipinski definition) is 6. The van der Waals surface area contributed by atoms with Gasteiger partial charge in [-0.15, -0.1) is 0 Å². The zero-order valence-corrected chi connectivity index (χ0v) is 15.0. The number of rotatable bonds is 6. The fraction of sp³-hybridized carbons (Fsp3) is 0.158. The molecule has 0 radical (unpaired) electrons. The Morgan fingerprint density at radius 3 is 2.46 bits per heavy atom. The first-order valence-corrected chi connectivity index (χ1v) is 8.15. The molecule has 0 bridgehead atoms. The lowest BCUT2D eigenvalue weighted by molar-refractivity contribution is -0.137. The minimum Gasteiger partial charge on any atom is -0.497 e. The predicted molar refractivity (Wildman–Crippen MR) is 99.6 cm³/mol. The number of anilines is 4. The number of alkyl halides is 3. The van der Waals surface area contributed by atoms with Gasteiger partial charge < -0.3 is 20.1 Å². The smallest absolute Gasteiger partial charge is 0.416 e. The summed E-state index contributed by atoms with van der Waals surface area (Å²) in [6, 6.07) is 11.7. The van der Waals surface area contributed by atoms with Crippen LogP contribution in [0.15, 0.2) is 54.7 Å². The van der Waals surface area contributed by atoms with Gasteiger partial charge in [-0.1, -0.05) is 6.07 Å². The van der Waals surface area contributed by atoms with Gasteiger partial charge in [0.2, 0.25) is 5.95 Å². The molecule has 6 nitrogen and oxygen atoms in total. The monoisotopic (exact) mass is 390 g/mol. The normalized spacial score (nSPS) is 11.0. The largest absolute Gasteiger partial charge is 0.497 e. The standard InChI is InChI=1S/C19H17F3N4O2/c1-27-14-6-7-15(16(11-14)28-2)25-17-8-9-23-18(26-17)24-13-5-3-4-12(10-13)19(20,21)22/h3-11H,1-2H3,(H2,23,24,25,26). The van der Waals surface area contributed by atoms with Crippen LogP contribution in [0.25, 0.3) is 0 Å². The summed E-state index contributed by atoms with van der Waals surface area (Å²) < 4.78 is 49.0. The van der Waals surface area contributed by atoms with Crippen molar-refractivity contribution < 1.29 is 22.6 Å². The second-order valence-electron chi connectivity index (χ2n) is 5.66. The topological polar surface area (TPSA) is 68.3 Å². The third kappa shape index (κ3) is 4.61. The van der Waals surface area contributed by atoms with Gasteiger partial charge in [0.15, 0.2) is 0 Å². The summed E-state index contributed by atoms with van der Waals surface area (Å²) in [6.07, 6.45) is -2.94. The van der Waals surface area contributed by atoms with E-state index >= 15 is 0 Å². The molecule has 0 saturated carbocycles. The van der Waals surface area contributed by atoms with E-state index in [0.29, 0.717) is 23.0 Å². The Morgan fingerprint density at radius 2 is 1.75 bits per heavy atom. The maximum Gasteiger partial charge on any atom is 0.416 e. The van der Waals surface area contributed by atoms with Crippen LogP contribution in [0.5, 0.6) is 11.5 Å². The molecule has 0 unspecified atom stereocenters. The Balaban J connectivity index is 1.80. The summed E-state index contributed by atoms with van der Waals surface area (Å²) in [7, 11) is 3.08. The van der Waals surface area contributed by atoms with E-state index in [4.69, 9.17) is 9.47 Å². The molecule has 0 aliphatic rings. The van der Waals surface area contributed by atoms with Crippen molar-refractivity contribution in [3.63, 3.8) is 0 Å². The molecule has 9 heteroatoms. The molecule has 28 heavy (non-hydrogen) atoms. The minimum atomic E-state index is -4.42. The highest BCUT2D eigenvalue weighted by atomic mass is 19.4. The molecule has 2 aromatic carbocycles. The van der Waals surface area contributed by atoms with E-state index in [-0.39, 0.29) is 11.6 Å². The van der Waals surface area contributed by atoms with Crippen LogP contribution in [-0.2, 0) is 6.18 Å². The second kappa shape index (κ2) is 8.03. The maximum absolute atomic E-state index is 12.8. The van der Waals surface area contributed by atoms with E-state index in [0.717, 1.165) is 12.1 Å². The van der Waals surface area contributed by atoms with E-state index in [1.165, 1.54) is 25.4 Å². The molecule has 146 valence electrons. The quantitative estimate of drug-likeness (QED) is 0.617. The lowest BCUT2D eigenvalue weighted by Crippen LogP contribution is -2.06. The molecule has 0 aliphatic heterocycles. The number of aromatic nitrogens is 2. The molecule has 0 aliphatic carbocycles. The average molecular weight is 390 g/mol. The number of halogens is 3. The second-order valence-corrected chi connectivity index (χ2v) is 5.66. The Morgan fingerprint density at radius 1 is 0.929 bits per heavy atom. The van der Waals surface area contributed by atoms with Gasteiger partial charge in [-0.3, -0.25) is 0 Å². The first-order valence-electron chi connectivity index (χ1n) is 8.15. The molecule has 2 N–H and O–H groups in total. The van der Waals surface area contributed by atoms with Crippen LogP contribution in [0.4, 0.5) is 36.3 Å². The van der Waals surface area contributed by atoms with Gasteiger partial charge in [-0.25, -0.2) is 4.98 Å². The summed E-state index contributed by atoms with van der Waals surface area (Å²) in [6.45, 7) is 0. The molecule has 0 amide bonds. The Kier molecular flexibility index (Phi) is 5.53. The van der Waals surface area contributed by atoms with Crippen molar-refractivity contribution in [3.05, 3.63) is 60.3 Å². The molecule has 1 heterocycles. The summed E-state index contributed by atoms with van der Waals surface area (Å²) in [5, 5.41) is 5.86. The zero-order chi connectivity index (χ0) is 20.1. The fourth-order valence-electron chi connectivity index (χ4n) is 2.43. The van der Waals surface area contributed by atoms with Crippen LogP contribution < -0.4 is 20.1 Å². The van der Waals surface area contributed by atoms with E-state index in [1.807, 2.05) is 0 Å². The van der Waals surface area contributed by atoms with Gasteiger partial charge in [-0.05, 0) is 36.4 Å². The van der Waals surface area contributed by atoms with E-state index in [2.05, 4.69) is 20.6 Å². The van der Waals surface area contributed by atoms with Crippen LogP contribution >= 0.6 is 0 Å². The Labute approximate surface area is 159 Å². The summed E-state index contributed by atoms with van der Waals surface area (Å²) in [4.78, 5) is 8.32. The van der Waals surface area contributed by atoms with E-state index in [1.54, 1.807) is 31.4 Å². The number of nitrogens with zero attached hydrogens (tertiary/aromatic N) is 2. The van der Waals surface area contributed by atoms with E-state index in [9.17, 15) is 13.2 Å². The highest BCUT2D eigenvalue weighted by Gasteiger charge is 2.30. The molecule has 0 atom stereocenters. The van der Waals surface area contributed by atoms with E-state index < -0.39 is 11.7 Å². The summed E-state index contributed by atoms with van der Waals surface area (Å²) >= 11 is 0. The number of hydrogen-bond donors (Lipinski definition) is 2. The third-order valence-electron chi connectivity index (χ3n) is 3.77. The van der Waals surface area contributed by atoms with Crippen LogP contribution in [0, 0.1) is 0 Å². The third-order valence-corrected chi connectivity index (χ3v) is 3.77. The molecule has 0 fully saturated rings. The molecule has 0 spiro atoms. The molecule has 0 saturated heterocycles. The van der Waals surface area contributed by atoms with Crippen LogP contribution in [0.2, 0.25) is 0 Å². The average Bonchev–Trinajstić information content (AvgIpc) is 2.68. The summed E-state index contributed by atoms with van der Waals surface area (Å²) in [5.41, 5.74) is 0.121. The molecule has 3 rings (SSSR count). The van der Waals surface area contributed by atoms with Crippen LogP contribution in [0.1, 0.15) is 5.56 Å². The van der Waals surface area contributed by atoms with Gasteiger partial charge in [0.25, 0.3) is 0 Å². The first-order chi connectivity index (χ1) is 13.4. The van der Waals surface area contributed by atoms with Crippen molar-refractivity contribution >= 4 is 23.1 Å². The predicted octanol–water partition coefficient (Wildman–Crippen LogP) is 5.00. The Hall–Kier alpha value is -3.49. The molecule has 3 aromatic rings. The molecule has 1 aromatic heterocycles. The van der Waals surface area contributed by atoms with Gasteiger partial charge in [0, 0.05) is 18.0 Å². The first kappa shape index (κ1) is 19.3. The maximum atomic E-state index is 12.8. The lowest BCUT2D eigenvalue weighted by Gasteiger charge is -2.13. The highest BCUT2D eigenvalue weighted by molar-refractivity contribution is 5.66. The van der Waals surface area contributed by atoms with Gasteiger partial charge in [0.05, 0.1) is 25.5 Å². The molecular formula is C19H17F3N4O2. The molecular weight excluding hydrogens is 373 g/mol. The van der Waals surface area contributed by atoms with Crippen molar-refractivity contribution in [1.29, 1.82) is 0 Å². The van der Waals surface area contributed by atoms with Crippen molar-refractivity contribution in [1.82, 2.24) is 9.97 Å². The fourth-order valence-corrected chi connectivity index (χ4v) is 2.43. The highest BCUT2D eigenvalue weighted by Crippen LogP contribution is 2.32. The van der Waals surface area contributed by atoms with Gasteiger partial charge in [-0.2, -0.15) is 18.2 Å². The lowest BCUT2D eigenvalue weighted by atomic mass is 10.2. The SMILES string of the molecule is COc1ccc(Nc2ccnc(Nc3cccc(C(F)(F)F)c3)n2)c(OC)c1. The van der Waals surface area contributed by atoms with Gasteiger partial charge in [0.1, 0.15) is 17.3 Å². The number of nitrogens with one attached hydrogen (secondary N) is 2. The number of ether oxygens (including phenoxy) is 2. The van der Waals surface area contributed by atoms with Crippen molar-refractivity contribution in [3.8, 4) is 11.5 Å². The van der Waals surface area contributed by atoms with Crippen molar-refractivity contribution in [2.24, 2.45) is 0 Å². The van der Waals surface area contributed by atoms with Crippen LogP contribution in [-0.4, -0.2) is 24.2 Å². The minimum absolute atomic E-state index is 0.150. The summed E-state index contributed by atoms with van der Waals surface area (Å²) in [5.74, 6) is 1.77. The number of benzene rings is 2. The number of methoxy groups -OCH3 is 2. The van der Waals surface area contributed by atoms with Crippen molar-refractivity contribution in [2.45, 2.75) is 6.18 Å². The van der Waals surface area contributed by atoms with Gasteiger partial charge >= 0.3 is 6.18 Å². The Bertz CT molecular complexity index is 964. The van der Waals surface area contributed by atoms with Crippen molar-refractivity contribution in [2.75, 3.05) is 24.9 Å².